The number of nitrogens with one attached hydrogen (secondary N) is 1. The van der Waals surface area contributed by atoms with Crippen molar-refractivity contribution in [1.29, 1.82) is 0 Å². The van der Waals surface area contributed by atoms with Crippen molar-refractivity contribution >= 4 is 23.4 Å². The second kappa shape index (κ2) is 7.48. The van der Waals surface area contributed by atoms with Crippen molar-refractivity contribution in [2.45, 2.75) is 19.1 Å². The van der Waals surface area contributed by atoms with Crippen molar-refractivity contribution in [1.82, 2.24) is 10.2 Å². The number of carbonyl (C=O) groups excluding carboxylic acids is 1. The molecule has 1 N–H and O–H groups in total. The molecule has 128 valence electrons. The number of aryl methyl sites for hydroxylation is 2. The Morgan fingerprint density at radius 1 is 1.12 bits per heavy atom. The van der Waals surface area contributed by atoms with Gasteiger partial charge < -0.3 is 9.73 Å². The fourth-order valence-corrected chi connectivity index (χ4v) is 2.91. The second-order valence-corrected chi connectivity index (χ2v) is 6.52. The molecule has 0 radical (unpaired) electrons. The lowest BCUT2D eigenvalue weighted by Crippen LogP contribution is -2.14. The van der Waals surface area contributed by atoms with Crippen LogP contribution in [0, 0.1) is 19.7 Å². The number of nitrogens with zero attached hydrogens (tertiary/aromatic N) is 2. The molecule has 0 aliphatic heterocycles. The van der Waals surface area contributed by atoms with Crippen molar-refractivity contribution in [2.24, 2.45) is 0 Å². The number of anilines is 1. The molecule has 7 heteroatoms. The Morgan fingerprint density at radius 2 is 1.80 bits per heavy atom. The number of hydrogen-bond acceptors (Lipinski definition) is 5. The SMILES string of the molecule is Cc1cc(C)cc(NC(=O)CSc2nnc(-c3ccc(F)cc3)o2)c1. The summed E-state index contributed by atoms with van der Waals surface area (Å²) in [7, 11) is 0. The first-order chi connectivity index (χ1) is 12.0. The topological polar surface area (TPSA) is 68.0 Å². The number of rotatable bonds is 5. The number of hydrogen-bond donors (Lipinski definition) is 1. The first-order valence-electron chi connectivity index (χ1n) is 7.60. The van der Waals surface area contributed by atoms with Gasteiger partial charge in [-0.2, -0.15) is 0 Å². The van der Waals surface area contributed by atoms with Crippen LogP contribution in [0.2, 0.25) is 0 Å². The smallest absolute Gasteiger partial charge is 0.277 e. The summed E-state index contributed by atoms with van der Waals surface area (Å²) in [6, 6.07) is 11.6. The summed E-state index contributed by atoms with van der Waals surface area (Å²) in [5, 5.41) is 10.9. The third-order valence-electron chi connectivity index (χ3n) is 3.33. The molecular formula is C18H16FN3O2S. The molecule has 0 spiro atoms. The van der Waals surface area contributed by atoms with E-state index in [2.05, 4.69) is 15.5 Å². The summed E-state index contributed by atoms with van der Waals surface area (Å²) >= 11 is 1.15. The molecule has 0 unspecified atom stereocenters. The zero-order valence-corrected chi connectivity index (χ0v) is 14.6. The molecule has 0 bridgehead atoms. The lowest BCUT2D eigenvalue weighted by Gasteiger charge is -2.06. The van der Waals surface area contributed by atoms with Crippen molar-refractivity contribution in [3.8, 4) is 11.5 Å². The number of carbonyl (C=O) groups is 1. The Bertz CT molecular complexity index is 873. The molecule has 0 aliphatic carbocycles. The van der Waals surface area contributed by atoms with Crippen LogP contribution in [0.15, 0.2) is 52.1 Å². The van der Waals surface area contributed by atoms with Crippen LogP contribution < -0.4 is 5.32 Å². The summed E-state index contributed by atoms with van der Waals surface area (Å²) in [4.78, 5) is 12.1. The highest BCUT2D eigenvalue weighted by molar-refractivity contribution is 7.99. The predicted octanol–water partition coefficient (Wildman–Crippen LogP) is 4.22. The summed E-state index contributed by atoms with van der Waals surface area (Å²) in [5.41, 5.74) is 3.56. The maximum Gasteiger partial charge on any atom is 0.277 e. The molecule has 1 aromatic heterocycles. The standard InChI is InChI=1S/C18H16FN3O2S/c1-11-7-12(2)9-15(8-11)20-16(23)10-25-18-22-21-17(24-18)13-3-5-14(19)6-4-13/h3-9H,10H2,1-2H3,(H,20,23). The fourth-order valence-electron chi connectivity index (χ4n) is 2.35. The van der Waals surface area contributed by atoms with Gasteiger partial charge in [0.15, 0.2) is 0 Å². The van der Waals surface area contributed by atoms with Crippen LogP contribution in [0.1, 0.15) is 11.1 Å². The minimum Gasteiger partial charge on any atom is -0.411 e. The van der Waals surface area contributed by atoms with Crippen LogP contribution in [0.25, 0.3) is 11.5 Å². The molecular weight excluding hydrogens is 341 g/mol. The van der Waals surface area contributed by atoms with E-state index in [4.69, 9.17) is 4.42 Å². The Morgan fingerprint density at radius 3 is 2.48 bits per heavy atom. The van der Waals surface area contributed by atoms with Crippen molar-refractivity contribution in [2.75, 3.05) is 11.1 Å². The molecule has 25 heavy (non-hydrogen) atoms. The second-order valence-electron chi connectivity index (χ2n) is 5.59. The van der Waals surface area contributed by atoms with Gasteiger partial charge in [-0.25, -0.2) is 4.39 Å². The van der Waals surface area contributed by atoms with Crippen molar-refractivity contribution < 1.29 is 13.6 Å². The van der Waals surface area contributed by atoms with Gasteiger partial charge in [0.2, 0.25) is 11.8 Å². The monoisotopic (exact) mass is 357 g/mol. The van der Waals surface area contributed by atoms with Crippen LogP contribution in [-0.4, -0.2) is 21.9 Å². The quantitative estimate of drug-likeness (QED) is 0.692. The molecule has 2 aromatic carbocycles. The predicted molar refractivity (Wildman–Crippen MR) is 95.0 cm³/mol. The van der Waals surface area contributed by atoms with Crippen molar-refractivity contribution in [3.63, 3.8) is 0 Å². The van der Waals surface area contributed by atoms with E-state index < -0.39 is 0 Å². The summed E-state index contributed by atoms with van der Waals surface area (Å²) in [6.07, 6.45) is 0. The van der Waals surface area contributed by atoms with Gasteiger partial charge in [-0.3, -0.25) is 4.79 Å². The highest BCUT2D eigenvalue weighted by atomic mass is 32.2. The fraction of sp³-hybridized carbons (Fsp3) is 0.167. The highest BCUT2D eigenvalue weighted by Gasteiger charge is 2.11. The number of thioether (sulfide) groups is 1. The number of benzene rings is 2. The average molecular weight is 357 g/mol. The summed E-state index contributed by atoms with van der Waals surface area (Å²) < 4.78 is 18.4. The van der Waals surface area contributed by atoms with Crippen LogP contribution in [0.3, 0.4) is 0 Å². The van der Waals surface area contributed by atoms with Gasteiger partial charge in [-0.15, -0.1) is 10.2 Å². The van der Waals surface area contributed by atoms with Gasteiger partial charge in [-0.1, -0.05) is 17.8 Å². The van der Waals surface area contributed by atoms with Gasteiger partial charge in [-0.05, 0) is 61.4 Å². The third-order valence-corrected chi connectivity index (χ3v) is 4.15. The molecule has 0 saturated heterocycles. The third kappa shape index (κ3) is 4.67. The van der Waals surface area contributed by atoms with E-state index in [0.717, 1.165) is 28.6 Å². The molecule has 0 fully saturated rings. The zero-order valence-electron chi connectivity index (χ0n) is 13.7. The molecule has 0 saturated carbocycles. The van der Waals surface area contributed by atoms with Gasteiger partial charge in [0.1, 0.15) is 5.82 Å². The van der Waals surface area contributed by atoms with E-state index in [9.17, 15) is 9.18 Å². The minimum atomic E-state index is -0.332. The van der Waals surface area contributed by atoms with Gasteiger partial charge >= 0.3 is 0 Å². The maximum atomic E-state index is 12.9. The lowest BCUT2D eigenvalue weighted by molar-refractivity contribution is -0.113. The van der Waals surface area contributed by atoms with Crippen LogP contribution in [-0.2, 0) is 4.79 Å². The van der Waals surface area contributed by atoms with Crippen LogP contribution >= 0.6 is 11.8 Å². The van der Waals surface area contributed by atoms with Crippen molar-refractivity contribution in [3.05, 3.63) is 59.4 Å². The van der Waals surface area contributed by atoms with E-state index in [1.165, 1.54) is 12.1 Å². The van der Waals surface area contributed by atoms with E-state index in [1.807, 2.05) is 32.0 Å². The van der Waals surface area contributed by atoms with E-state index >= 15 is 0 Å². The molecule has 3 aromatic rings. The Kier molecular flexibility index (Phi) is 5.14. The average Bonchev–Trinajstić information content (AvgIpc) is 3.01. The molecule has 0 aliphatic rings. The lowest BCUT2D eigenvalue weighted by atomic mass is 10.1. The van der Waals surface area contributed by atoms with Gasteiger partial charge in [0.25, 0.3) is 5.22 Å². The summed E-state index contributed by atoms with van der Waals surface area (Å²) in [5.74, 6) is -0.0485. The minimum absolute atomic E-state index is 0.151. The number of aromatic nitrogens is 2. The van der Waals surface area contributed by atoms with Gasteiger partial charge in [0.05, 0.1) is 5.75 Å². The zero-order chi connectivity index (χ0) is 17.8. The normalized spacial score (nSPS) is 10.7. The van der Waals surface area contributed by atoms with Crippen LogP contribution in [0.5, 0.6) is 0 Å². The molecule has 1 amide bonds. The Labute approximate surface area is 148 Å². The Balaban J connectivity index is 1.58. The molecule has 5 nitrogen and oxygen atoms in total. The highest BCUT2D eigenvalue weighted by Crippen LogP contribution is 2.23. The van der Waals surface area contributed by atoms with E-state index in [-0.39, 0.29) is 28.6 Å². The Hall–Kier alpha value is -2.67. The maximum absolute atomic E-state index is 12.9. The first kappa shape index (κ1) is 17.2. The molecule has 0 atom stereocenters. The van der Waals surface area contributed by atoms with Crippen LogP contribution in [0.4, 0.5) is 10.1 Å². The van der Waals surface area contributed by atoms with E-state index in [1.54, 1.807) is 12.1 Å². The molecule has 3 rings (SSSR count). The summed E-state index contributed by atoms with van der Waals surface area (Å²) in [6.45, 7) is 3.96. The van der Waals surface area contributed by atoms with Gasteiger partial charge in [0, 0.05) is 11.3 Å². The van der Waals surface area contributed by atoms with E-state index in [0.29, 0.717) is 5.56 Å². The number of amides is 1. The first-order valence-corrected chi connectivity index (χ1v) is 8.58. The largest absolute Gasteiger partial charge is 0.411 e. The number of halogens is 1. The molecule has 1 heterocycles.